The SMILES string of the molecule is C[C@H](c1ccccc1)N1CC[C@@H](C(NC(=O)OC(C)(C)C)c2ccccc2)C1. The number of nitrogens with one attached hydrogen (secondary N) is 1. The molecule has 0 saturated carbocycles. The summed E-state index contributed by atoms with van der Waals surface area (Å²) in [5.41, 5.74) is 1.96. The molecule has 1 unspecified atom stereocenters. The number of benzene rings is 2. The average Bonchev–Trinajstić information content (AvgIpc) is 3.15. The molecule has 1 aliphatic heterocycles. The highest BCUT2D eigenvalue weighted by Gasteiger charge is 2.34. The van der Waals surface area contributed by atoms with Crippen molar-refractivity contribution in [3.05, 3.63) is 71.8 Å². The first-order chi connectivity index (χ1) is 13.3. The van der Waals surface area contributed by atoms with Gasteiger partial charge in [-0.3, -0.25) is 4.90 Å². The van der Waals surface area contributed by atoms with E-state index in [2.05, 4.69) is 59.6 Å². The summed E-state index contributed by atoms with van der Waals surface area (Å²) in [4.78, 5) is 15.0. The summed E-state index contributed by atoms with van der Waals surface area (Å²) in [5.74, 6) is 0.348. The van der Waals surface area contributed by atoms with Crippen LogP contribution < -0.4 is 5.32 Å². The molecule has 0 aromatic heterocycles. The van der Waals surface area contributed by atoms with E-state index in [1.54, 1.807) is 0 Å². The first-order valence-electron chi connectivity index (χ1n) is 10.2. The van der Waals surface area contributed by atoms with Crippen molar-refractivity contribution in [3.63, 3.8) is 0 Å². The Kier molecular flexibility index (Phi) is 6.40. The van der Waals surface area contributed by atoms with Gasteiger partial charge < -0.3 is 10.1 Å². The number of hydrogen-bond acceptors (Lipinski definition) is 3. The number of likely N-dealkylation sites (tertiary alicyclic amines) is 1. The normalized spacial score (nSPS) is 19.8. The summed E-state index contributed by atoms with van der Waals surface area (Å²) in [7, 11) is 0. The van der Waals surface area contributed by atoms with Crippen molar-refractivity contribution in [2.75, 3.05) is 13.1 Å². The van der Waals surface area contributed by atoms with Gasteiger partial charge in [0.05, 0.1) is 6.04 Å². The van der Waals surface area contributed by atoms with Gasteiger partial charge in [0.25, 0.3) is 0 Å². The molecule has 0 radical (unpaired) electrons. The lowest BCUT2D eigenvalue weighted by molar-refractivity contribution is 0.0484. The minimum absolute atomic E-state index is 0.0518. The van der Waals surface area contributed by atoms with E-state index in [1.165, 1.54) is 5.56 Å². The van der Waals surface area contributed by atoms with Crippen LogP contribution in [0.4, 0.5) is 4.79 Å². The van der Waals surface area contributed by atoms with E-state index in [9.17, 15) is 4.79 Å². The first-order valence-corrected chi connectivity index (χ1v) is 10.2. The van der Waals surface area contributed by atoms with E-state index >= 15 is 0 Å². The fourth-order valence-corrected chi connectivity index (χ4v) is 3.95. The minimum atomic E-state index is -0.505. The maximum atomic E-state index is 12.5. The molecule has 1 amide bonds. The Morgan fingerprint density at radius 1 is 1.04 bits per heavy atom. The van der Waals surface area contributed by atoms with Gasteiger partial charge in [-0.1, -0.05) is 60.7 Å². The van der Waals surface area contributed by atoms with E-state index < -0.39 is 5.60 Å². The van der Waals surface area contributed by atoms with Crippen molar-refractivity contribution in [3.8, 4) is 0 Å². The number of carbonyl (C=O) groups is 1. The predicted molar refractivity (Wildman–Crippen MR) is 113 cm³/mol. The van der Waals surface area contributed by atoms with Crippen molar-refractivity contribution < 1.29 is 9.53 Å². The molecular weight excluding hydrogens is 348 g/mol. The van der Waals surface area contributed by atoms with Crippen molar-refractivity contribution in [1.29, 1.82) is 0 Å². The second-order valence-electron chi connectivity index (χ2n) is 8.66. The first kappa shape index (κ1) is 20.4. The van der Waals surface area contributed by atoms with Crippen LogP contribution in [0.2, 0.25) is 0 Å². The average molecular weight is 381 g/mol. The van der Waals surface area contributed by atoms with E-state index in [1.807, 2.05) is 39.0 Å². The monoisotopic (exact) mass is 380 g/mol. The summed E-state index contributed by atoms with van der Waals surface area (Å²) in [5, 5.41) is 3.14. The third-order valence-corrected chi connectivity index (χ3v) is 5.39. The zero-order valence-corrected chi connectivity index (χ0v) is 17.4. The maximum Gasteiger partial charge on any atom is 0.408 e. The van der Waals surface area contributed by atoms with Crippen LogP contribution in [0, 0.1) is 5.92 Å². The zero-order valence-electron chi connectivity index (χ0n) is 17.4. The molecule has 1 N–H and O–H groups in total. The van der Waals surface area contributed by atoms with Crippen LogP contribution in [0.15, 0.2) is 60.7 Å². The molecule has 28 heavy (non-hydrogen) atoms. The molecule has 2 aromatic carbocycles. The summed E-state index contributed by atoms with van der Waals surface area (Å²) >= 11 is 0. The number of hydrogen-bond donors (Lipinski definition) is 1. The maximum absolute atomic E-state index is 12.5. The Morgan fingerprint density at radius 2 is 1.61 bits per heavy atom. The third kappa shape index (κ3) is 5.35. The van der Waals surface area contributed by atoms with Crippen LogP contribution in [0.3, 0.4) is 0 Å². The highest BCUT2D eigenvalue weighted by atomic mass is 16.6. The second kappa shape index (κ2) is 8.78. The lowest BCUT2D eigenvalue weighted by Crippen LogP contribution is -2.38. The van der Waals surface area contributed by atoms with Crippen molar-refractivity contribution in [2.45, 2.75) is 51.8 Å². The van der Waals surface area contributed by atoms with Crippen molar-refractivity contribution >= 4 is 6.09 Å². The van der Waals surface area contributed by atoms with Crippen LogP contribution in [0.5, 0.6) is 0 Å². The molecule has 2 aromatic rings. The third-order valence-electron chi connectivity index (χ3n) is 5.39. The number of rotatable bonds is 5. The standard InChI is InChI=1S/C24H32N2O2/c1-18(19-11-7-5-8-12-19)26-16-15-21(17-26)22(20-13-9-6-10-14-20)25-23(27)28-24(2,3)4/h5-14,18,21-22H,15-17H2,1-4H3,(H,25,27)/t18-,21-,22?/m1/s1. The van der Waals surface area contributed by atoms with Crippen LogP contribution >= 0.6 is 0 Å². The lowest BCUT2D eigenvalue weighted by atomic mass is 9.92. The van der Waals surface area contributed by atoms with Gasteiger partial charge >= 0.3 is 6.09 Å². The summed E-state index contributed by atoms with van der Waals surface area (Å²) < 4.78 is 5.53. The minimum Gasteiger partial charge on any atom is -0.444 e. The Bertz CT molecular complexity index is 755. The number of amides is 1. The zero-order chi connectivity index (χ0) is 20.1. The van der Waals surface area contributed by atoms with E-state index in [-0.39, 0.29) is 12.1 Å². The van der Waals surface area contributed by atoms with Gasteiger partial charge in [0.1, 0.15) is 5.60 Å². The molecule has 0 spiro atoms. The van der Waals surface area contributed by atoms with Crippen molar-refractivity contribution in [2.24, 2.45) is 5.92 Å². The van der Waals surface area contributed by atoms with Gasteiger partial charge in [-0.25, -0.2) is 4.79 Å². The fourth-order valence-electron chi connectivity index (χ4n) is 3.95. The highest BCUT2D eigenvalue weighted by molar-refractivity contribution is 5.68. The number of nitrogens with zero attached hydrogens (tertiary/aromatic N) is 1. The fraction of sp³-hybridized carbons (Fsp3) is 0.458. The summed E-state index contributed by atoms with van der Waals surface area (Å²) in [6.07, 6.45) is 0.697. The smallest absolute Gasteiger partial charge is 0.408 e. The Hall–Kier alpha value is -2.33. The van der Waals surface area contributed by atoms with E-state index in [0.717, 1.165) is 25.1 Å². The Morgan fingerprint density at radius 3 is 2.18 bits per heavy atom. The molecular formula is C24H32N2O2. The molecule has 1 fully saturated rings. The number of ether oxygens (including phenoxy) is 1. The van der Waals surface area contributed by atoms with E-state index in [4.69, 9.17) is 4.74 Å². The lowest BCUT2D eigenvalue weighted by Gasteiger charge is -2.29. The summed E-state index contributed by atoms with van der Waals surface area (Å²) in [6.45, 7) is 9.91. The molecule has 4 nitrogen and oxygen atoms in total. The molecule has 150 valence electrons. The topological polar surface area (TPSA) is 41.6 Å². The quantitative estimate of drug-likeness (QED) is 0.762. The molecule has 1 aliphatic rings. The predicted octanol–water partition coefficient (Wildman–Crippen LogP) is 5.34. The van der Waals surface area contributed by atoms with Gasteiger partial charge in [-0.05, 0) is 57.7 Å². The van der Waals surface area contributed by atoms with Crippen LogP contribution in [-0.2, 0) is 4.74 Å². The molecule has 0 aliphatic carbocycles. The largest absolute Gasteiger partial charge is 0.444 e. The van der Waals surface area contributed by atoms with Gasteiger partial charge in [0, 0.05) is 12.6 Å². The molecule has 0 bridgehead atoms. The van der Waals surface area contributed by atoms with E-state index in [0.29, 0.717) is 12.0 Å². The van der Waals surface area contributed by atoms with Crippen LogP contribution in [0.1, 0.15) is 57.3 Å². The van der Waals surface area contributed by atoms with Gasteiger partial charge in [-0.2, -0.15) is 0 Å². The molecule has 3 atom stereocenters. The molecule has 4 heteroatoms. The number of alkyl carbamates (subject to hydrolysis) is 1. The molecule has 3 rings (SSSR count). The molecule has 1 heterocycles. The van der Waals surface area contributed by atoms with Gasteiger partial charge in [-0.15, -0.1) is 0 Å². The van der Waals surface area contributed by atoms with Crippen LogP contribution in [-0.4, -0.2) is 29.7 Å². The van der Waals surface area contributed by atoms with Gasteiger partial charge in [0.15, 0.2) is 0 Å². The van der Waals surface area contributed by atoms with Gasteiger partial charge in [0.2, 0.25) is 0 Å². The Balaban J connectivity index is 1.73. The number of carbonyl (C=O) groups excluding carboxylic acids is 1. The van der Waals surface area contributed by atoms with Crippen molar-refractivity contribution in [1.82, 2.24) is 10.2 Å². The summed E-state index contributed by atoms with van der Waals surface area (Å²) in [6, 6.07) is 21.2. The van der Waals surface area contributed by atoms with Crippen LogP contribution in [0.25, 0.3) is 0 Å². The highest BCUT2D eigenvalue weighted by Crippen LogP contribution is 2.34. The molecule has 1 saturated heterocycles. The Labute approximate surface area is 168 Å². The second-order valence-corrected chi connectivity index (χ2v) is 8.66.